The predicted molar refractivity (Wildman–Crippen MR) is 191 cm³/mol. The van der Waals surface area contributed by atoms with Crippen LogP contribution in [0.1, 0.15) is 103 Å². The van der Waals surface area contributed by atoms with Crippen molar-refractivity contribution in [3.63, 3.8) is 0 Å². The topological polar surface area (TPSA) is 127 Å². The van der Waals surface area contributed by atoms with E-state index in [1.165, 1.54) is 12.7 Å². The van der Waals surface area contributed by atoms with Gasteiger partial charge in [0, 0.05) is 12.5 Å². The van der Waals surface area contributed by atoms with Crippen molar-refractivity contribution >= 4 is 46.3 Å². The van der Waals surface area contributed by atoms with Crippen molar-refractivity contribution in [1.29, 1.82) is 0 Å². The van der Waals surface area contributed by atoms with Gasteiger partial charge >= 0.3 is 29.3 Å². The Labute approximate surface area is 292 Å². The van der Waals surface area contributed by atoms with Gasteiger partial charge in [-0.2, -0.15) is 4.90 Å². The number of ether oxygens (including phenoxy) is 2. The minimum atomic E-state index is -3.10. The van der Waals surface area contributed by atoms with Crippen LogP contribution in [0.3, 0.4) is 0 Å². The summed E-state index contributed by atoms with van der Waals surface area (Å²) in [5, 5.41) is 0. The van der Waals surface area contributed by atoms with Gasteiger partial charge in [0.25, 0.3) is 0 Å². The summed E-state index contributed by atoms with van der Waals surface area (Å²) in [5.41, 5.74) is -0.674. The minimum absolute atomic E-state index is 0.0230. The van der Waals surface area contributed by atoms with Gasteiger partial charge in [0.15, 0.2) is 23.2 Å². The van der Waals surface area contributed by atoms with E-state index in [0.29, 0.717) is 10.5 Å². The molecule has 4 rings (SSSR count). The molecular weight excluding hydrogens is 666 g/mol. The first kappa shape index (κ1) is 39.1. The van der Waals surface area contributed by atoms with E-state index in [4.69, 9.17) is 22.4 Å². The Morgan fingerprint density at radius 3 is 1.88 bits per heavy atom. The highest BCUT2D eigenvalue weighted by atomic mass is 28.5. The van der Waals surface area contributed by atoms with Crippen LogP contribution in [0.5, 0.6) is 0 Å². The molecule has 0 aromatic carbocycles. The Kier molecular flexibility index (Phi) is 11.0. The van der Waals surface area contributed by atoms with Gasteiger partial charge in [0.1, 0.15) is 17.5 Å². The summed E-state index contributed by atoms with van der Waals surface area (Å²) < 4.78 is 51.0. The first-order valence-electron chi connectivity index (χ1n) is 17.3. The molecule has 0 radical (unpaired) electrons. The van der Waals surface area contributed by atoms with Gasteiger partial charge in [0.05, 0.1) is 18.5 Å². The SMILES string of the molecule is C=C1[C@@H]2CO[Si](C(C)C)(C(C)C)O[Si](C(C)C)(C(C)C)OC2[C@@H](F)[C@H]1n1cnc2c(N(C(=O)OC(C)(C)C)C(=O)OC(C)(C)C)ncnc21. The molecule has 1 unspecified atom stereocenters. The number of fused-ring (bicyclic) bond motifs is 2. The first-order valence-corrected chi connectivity index (χ1v) is 21.2. The van der Waals surface area contributed by atoms with Gasteiger partial charge in [-0.15, -0.1) is 0 Å². The molecule has 1 saturated heterocycles. The third-order valence-electron chi connectivity index (χ3n) is 9.22. The summed E-state index contributed by atoms with van der Waals surface area (Å²) in [6.07, 6.45) is -1.80. The zero-order chi connectivity index (χ0) is 37.0. The van der Waals surface area contributed by atoms with Crippen molar-refractivity contribution < 1.29 is 36.4 Å². The Morgan fingerprint density at radius 1 is 0.898 bits per heavy atom. The van der Waals surface area contributed by atoms with Crippen LogP contribution in [0.4, 0.5) is 19.8 Å². The summed E-state index contributed by atoms with van der Waals surface area (Å²) >= 11 is 0. The molecule has 4 atom stereocenters. The fraction of sp³-hybridized carbons (Fsp3) is 0.735. The molecular formula is C34H56FN5O7Si2. The summed E-state index contributed by atoms with van der Waals surface area (Å²) in [5.74, 6) is -0.614. The lowest BCUT2D eigenvalue weighted by atomic mass is 10.0. The van der Waals surface area contributed by atoms with Crippen LogP contribution in [0.25, 0.3) is 11.2 Å². The lowest BCUT2D eigenvalue weighted by molar-refractivity contribution is 0.00845. The predicted octanol–water partition coefficient (Wildman–Crippen LogP) is 8.52. The van der Waals surface area contributed by atoms with E-state index < -0.39 is 64.7 Å². The maximum absolute atomic E-state index is 17.1. The molecule has 0 spiro atoms. The number of anilines is 1. The van der Waals surface area contributed by atoms with Crippen LogP contribution in [0, 0.1) is 5.92 Å². The summed E-state index contributed by atoms with van der Waals surface area (Å²) in [7, 11) is -5.96. The van der Waals surface area contributed by atoms with Gasteiger partial charge in [-0.3, -0.25) is 0 Å². The number of hydrogen-bond acceptors (Lipinski definition) is 10. The van der Waals surface area contributed by atoms with E-state index in [-0.39, 0.29) is 45.8 Å². The van der Waals surface area contributed by atoms with Gasteiger partial charge in [-0.1, -0.05) is 62.0 Å². The largest absolute Gasteiger partial charge is 0.443 e. The number of imide groups is 1. The summed E-state index contributed by atoms with van der Waals surface area (Å²) in [4.78, 5) is 40.8. The zero-order valence-electron chi connectivity index (χ0n) is 31.7. The molecule has 2 amide bonds. The van der Waals surface area contributed by atoms with Crippen molar-refractivity contribution in [3.05, 3.63) is 24.8 Å². The number of carbonyl (C=O) groups is 2. The average molecular weight is 722 g/mol. The normalized spacial score (nSPS) is 24.3. The second-order valence-corrected chi connectivity index (χ2v) is 25.3. The highest BCUT2D eigenvalue weighted by Gasteiger charge is 2.62. The lowest BCUT2D eigenvalue weighted by Gasteiger charge is -2.51. The van der Waals surface area contributed by atoms with Crippen LogP contribution in [-0.4, -0.2) is 78.9 Å². The van der Waals surface area contributed by atoms with E-state index in [1.54, 1.807) is 46.1 Å². The third kappa shape index (κ3) is 7.37. The molecule has 2 aromatic rings. The Balaban J connectivity index is 1.83. The van der Waals surface area contributed by atoms with E-state index in [9.17, 15) is 9.59 Å². The monoisotopic (exact) mass is 721 g/mol. The number of alkyl halides is 1. The molecule has 0 bridgehead atoms. The number of hydrogen-bond donors (Lipinski definition) is 0. The average Bonchev–Trinajstić information content (AvgIpc) is 3.44. The highest BCUT2D eigenvalue weighted by molar-refractivity contribution is 6.84. The van der Waals surface area contributed by atoms with Gasteiger partial charge in [-0.25, -0.2) is 28.9 Å². The van der Waals surface area contributed by atoms with Gasteiger partial charge in [-0.05, 0) is 69.3 Å². The van der Waals surface area contributed by atoms with E-state index in [0.717, 1.165) is 0 Å². The number of amides is 2. The Morgan fingerprint density at radius 2 is 1.41 bits per heavy atom. The fourth-order valence-corrected chi connectivity index (χ4v) is 18.2. The number of rotatable bonds is 6. The molecule has 1 aliphatic carbocycles. The fourth-order valence-electron chi connectivity index (χ4n) is 6.93. The second kappa shape index (κ2) is 13.8. The van der Waals surface area contributed by atoms with Crippen LogP contribution in [0.2, 0.25) is 22.2 Å². The molecule has 49 heavy (non-hydrogen) atoms. The van der Waals surface area contributed by atoms with Crippen molar-refractivity contribution in [3.8, 4) is 0 Å². The molecule has 15 heteroatoms. The maximum Gasteiger partial charge on any atom is 0.425 e. The van der Waals surface area contributed by atoms with E-state index >= 15 is 4.39 Å². The highest BCUT2D eigenvalue weighted by Crippen LogP contribution is 2.52. The van der Waals surface area contributed by atoms with Crippen molar-refractivity contribution in [2.75, 3.05) is 11.5 Å². The molecule has 1 aliphatic heterocycles. The van der Waals surface area contributed by atoms with Crippen molar-refractivity contribution in [2.24, 2.45) is 5.92 Å². The number of nitrogens with zero attached hydrogens (tertiary/aromatic N) is 5. The summed E-state index contributed by atoms with van der Waals surface area (Å²) in [6.45, 7) is 31.7. The summed E-state index contributed by atoms with van der Waals surface area (Å²) in [6, 6.07) is -0.929. The standard InChI is InChI=1S/C34H56FN5O7Si2/c1-19(2)48(20(3)4)43-16-24-23(9)27(25(35)28(24)46-49(47-48,21(5)6)22(7)8)39-18-38-26-29(39)36-17-37-30(26)40(31(41)44-33(10,11)12)32(42)45-34(13,14)15/h17-22,24-25,27-28H,9,16H2,1-8,10-15H3/t24-,25-,27-,28?/m0/s1. The van der Waals surface area contributed by atoms with Crippen molar-refractivity contribution in [1.82, 2.24) is 19.5 Å². The Bertz CT molecular complexity index is 1510. The van der Waals surface area contributed by atoms with Crippen molar-refractivity contribution in [2.45, 2.75) is 149 Å². The lowest BCUT2D eigenvalue weighted by Crippen LogP contribution is -2.65. The number of carbonyl (C=O) groups excluding carboxylic acids is 2. The van der Waals surface area contributed by atoms with Crippen LogP contribution < -0.4 is 4.90 Å². The molecule has 2 fully saturated rings. The van der Waals surface area contributed by atoms with E-state index in [2.05, 4.69) is 76.9 Å². The third-order valence-corrected chi connectivity index (χ3v) is 19.5. The molecule has 274 valence electrons. The van der Waals surface area contributed by atoms with Gasteiger partial charge in [0.2, 0.25) is 0 Å². The molecule has 2 aromatic heterocycles. The maximum atomic E-state index is 17.1. The number of imidazole rings is 1. The second-order valence-electron chi connectivity index (χ2n) is 16.4. The van der Waals surface area contributed by atoms with E-state index in [1.807, 2.05) is 0 Å². The van der Waals surface area contributed by atoms with Crippen LogP contribution in [0.15, 0.2) is 24.8 Å². The quantitative estimate of drug-likeness (QED) is 0.212. The number of aromatic nitrogens is 4. The minimum Gasteiger partial charge on any atom is -0.443 e. The van der Waals surface area contributed by atoms with Crippen LogP contribution >= 0.6 is 0 Å². The van der Waals surface area contributed by atoms with Gasteiger partial charge < -0.3 is 27.0 Å². The smallest absolute Gasteiger partial charge is 0.425 e. The molecule has 2 aliphatic rings. The number of halogens is 1. The first-order chi connectivity index (χ1) is 22.5. The molecule has 0 N–H and O–H groups in total. The molecule has 1 saturated carbocycles. The Hall–Kier alpha value is -2.73. The molecule has 3 heterocycles. The molecule has 12 nitrogen and oxygen atoms in total. The van der Waals surface area contributed by atoms with Crippen LogP contribution in [-0.2, 0) is 22.4 Å². The zero-order valence-corrected chi connectivity index (χ0v) is 33.7.